The summed E-state index contributed by atoms with van der Waals surface area (Å²) in [5.41, 5.74) is 1.41. The molecule has 32 heavy (non-hydrogen) atoms. The molecule has 2 aromatic carbocycles. The molecular formula is C24H20F3N3O2. The number of aryl methyl sites for hydroxylation is 1. The van der Waals surface area contributed by atoms with Gasteiger partial charge in [0.15, 0.2) is 6.04 Å². The lowest BCUT2D eigenvalue weighted by atomic mass is 10.0. The summed E-state index contributed by atoms with van der Waals surface area (Å²) in [7, 11) is 0. The predicted molar refractivity (Wildman–Crippen MR) is 116 cm³/mol. The van der Waals surface area contributed by atoms with Crippen LogP contribution in [0.4, 0.5) is 18.9 Å². The quantitative estimate of drug-likeness (QED) is 0.527. The van der Waals surface area contributed by atoms with Gasteiger partial charge in [-0.05, 0) is 54.0 Å². The van der Waals surface area contributed by atoms with Crippen molar-refractivity contribution in [2.75, 3.05) is 5.32 Å². The molecule has 2 N–H and O–H groups in total. The zero-order chi connectivity index (χ0) is 23.1. The number of aromatic nitrogens is 1. The predicted octanol–water partition coefficient (Wildman–Crippen LogP) is 5.08. The zero-order valence-corrected chi connectivity index (χ0v) is 17.1. The number of rotatable bonds is 6. The molecule has 1 atom stereocenters. The number of alkyl halides is 3. The summed E-state index contributed by atoms with van der Waals surface area (Å²) in [4.78, 5) is 28.5. The Hall–Kier alpha value is -3.94. The van der Waals surface area contributed by atoms with Crippen molar-refractivity contribution in [2.45, 2.75) is 19.1 Å². The van der Waals surface area contributed by atoms with Crippen molar-refractivity contribution in [1.29, 1.82) is 0 Å². The summed E-state index contributed by atoms with van der Waals surface area (Å²) in [5, 5.41) is 4.62. The Balaban J connectivity index is 1.81. The molecule has 0 aliphatic carbocycles. The van der Waals surface area contributed by atoms with Gasteiger partial charge in [0.2, 0.25) is 5.91 Å². The number of carbonyl (C=O) groups excluding carboxylic acids is 2. The Kier molecular flexibility index (Phi) is 7.04. The first-order valence-electron chi connectivity index (χ1n) is 9.66. The van der Waals surface area contributed by atoms with Crippen molar-refractivity contribution in [2.24, 2.45) is 0 Å². The second-order valence-corrected chi connectivity index (χ2v) is 7.00. The number of carbonyl (C=O) groups is 2. The molecule has 0 aliphatic rings. The third-order valence-corrected chi connectivity index (χ3v) is 4.60. The highest BCUT2D eigenvalue weighted by Crippen LogP contribution is 2.34. The average Bonchev–Trinajstić information content (AvgIpc) is 2.78. The van der Waals surface area contributed by atoms with Crippen LogP contribution in [-0.4, -0.2) is 23.0 Å². The number of amides is 2. The van der Waals surface area contributed by atoms with E-state index < -0.39 is 24.0 Å². The van der Waals surface area contributed by atoms with E-state index in [0.29, 0.717) is 11.1 Å². The van der Waals surface area contributed by atoms with Crippen molar-refractivity contribution >= 4 is 23.6 Å². The first-order chi connectivity index (χ1) is 15.2. The number of benzene rings is 2. The van der Waals surface area contributed by atoms with Crippen LogP contribution < -0.4 is 10.6 Å². The van der Waals surface area contributed by atoms with Gasteiger partial charge in [-0.15, -0.1) is 0 Å². The number of nitrogens with one attached hydrogen (secondary N) is 2. The van der Waals surface area contributed by atoms with Crippen LogP contribution in [0, 0.1) is 6.92 Å². The third kappa shape index (κ3) is 6.04. The van der Waals surface area contributed by atoms with E-state index in [-0.39, 0.29) is 16.8 Å². The number of hydrogen-bond donors (Lipinski definition) is 2. The Morgan fingerprint density at radius 3 is 2.44 bits per heavy atom. The molecule has 0 spiro atoms. The third-order valence-electron chi connectivity index (χ3n) is 4.60. The molecule has 0 radical (unpaired) electrons. The summed E-state index contributed by atoms with van der Waals surface area (Å²) in [6.07, 6.45) is 1.24. The maximum Gasteiger partial charge on any atom is 0.412 e. The molecule has 1 heterocycles. The number of nitrogens with zero attached hydrogens (tertiary/aromatic N) is 1. The van der Waals surface area contributed by atoms with Crippen LogP contribution >= 0.6 is 0 Å². The van der Waals surface area contributed by atoms with Crippen molar-refractivity contribution in [3.05, 3.63) is 101 Å². The van der Waals surface area contributed by atoms with Crippen LogP contribution in [-0.2, 0) is 4.79 Å². The fourth-order valence-electron chi connectivity index (χ4n) is 2.93. The Bertz CT molecular complexity index is 1110. The highest BCUT2D eigenvalue weighted by molar-refractivity contribution is 6.02. The van der Waals surface area contributed by atoms with Gasteiger partial charge in [0.1, 0.15) is 0 Å². The number of halogens is 3. The molecule has 3 rings (SSSR count). The average molecular weight is 439 g/mol. The molecule has 1 unspecified atom stereocenters. The van der Waals surface area contributed by atoms with E-state index in [4.69, 9.17) is 0 Å². The van der Waals surface area contributed by atoms with Gasteiger partial charge >= 0.3 is 6.18 Å². The van der Waals surface area contributed by atoms with Crippen molar-refractivity contribution in [3.63, 3.8) is 0 Å². The van der Waals surface area contributed by atoms with Crippen LogP contribution in [0.15, 0.2) is 79.1 Å². The highest BCUT2D eigenvalue weighted by atomic mass is 19.4. The fourth-order valence-corrected chi connectivity index (χ4v) is 2.93. The monoisotopic (exact) mass is 439 g/mol. The van der Waals surface area contributed by atoms with Gasteiger partial charge in [0, 0.05) is 29.7 Å². The number of pyridine rings is 1. The summed E-state index contributed by atoms with van der Waals surface area (Å²) >= 11 is 0. The first kappa shape index (κ1) is 22.7. The fraction of sp³-hybridized carbons (Fsp3) is 0.125. The molecule has 0 saturated heterocycles. The maximum absolute atomic E-state index is 13.8. The molecule has 0 fully saturated rings. The molecular weight excluding hydrogens is 419 g/mol. The highest BCUT2D eigenvalue weighted by Gasteiger charge is 2.42. The normalized spacial score (nSPS) is 12.4. The van der Waals surface area contributed by atoms with E-state index in [1.165, 1.54) is 36.4 Å². The molecule has 0 saturated carbocycles. The molecule has 0 aliphatic heterocycles. The summed E-state index contributed by atoms with van der Waals surface area (Å²) in [5.74, 6) is -1.36. The van der Waals surface area contributed by atoms with Crippen LogP contribution in [0.3, 0.4) is 0 Å². The van der Waals surface area contributed by atoms with E-state index in [2.05, 4.69) is 10.3 Å². The number of hydrogen-bond acceptors (Lipinski definition) is 3. The van der Waals surface area contributed by atoms with E-state index in [0.717, 1.165) is 0 Å². The minimum Gasteiger partial charge on any atom is -0.337 e. The molecule has 1 aromatic heterocycles. The maximum atomic E-state index is 13.8. The van der Waals surface area contributed by atoms with Gasteiger partial charge in [0.05, 0.1) is 0 Å². The van der Waals surface area contributed by atoms with Crippen molar-refractivity contribution < 1.29 is 22.8 Å². The molecule has 3 aromatic rings. The minimum absolute atomic E-state index is 0.114. The number of anilines is 1. The van der Waals surface area contributed by atoms with E-state index in [1.54, 1.807) is 55.7 Å². The van der Waals surface area contributed by atoms with Crippen molar-refractivity contribution in [3.8, 4) is 0 Å². The van der Waals surface area contributed by atoms with E-state index >= 15 is 0 Å². The van der Waals surface area contributed by atoms with Gasteiger partial charge in [-0.1, -0.05) is 36.4 Å². The Morgan fingerprint density at radius 2 is 1.78 bits per heavy atom. The van der Waals surface area contributed by atoms with E-state index in [9.17, 15) is 22.8 Å². The Morgan fingerprint density at radius 1 is 1.03 bits per heavy atom. The Labute approximate surface area is 183 Å². The molecule has 8 heteroatoms. The largest absolute Gasteiger partial charge is 0.412 e. The zero-order valence-electron chi connectivity index (χ0n) is 17.1. The minimum atomic E-state index is -4.73. The first-order valence-corrected chi connectivity index (χ1v) is 9.66. The smallest absolute Gasteiger partial charge is 0.337 e. The summed E-state index contributed by atoms with van der Waals surface area (Å²) < 4.78 is 41.3. The molecule has 5 nitrogen and oxygen atoms in total. The van der Waals surface area contributed by atoms with Crippen molar-refractivity contribution in [1.82, 2.24) is 10.3 Å². The van der Waals surface area contributed by atoms with Gasteiger partial charge in [-0.25, -0.2) is 0 Å². The summed E-state index contributed by atoms with van der Waals surface area (Å²) in [6.45, 7) is 1.66. The molecule has 2 amide bonds. The van der Waals surface area contributed by atoms with Gasteiger partial charge in [-0.2, -0.15) is 13.2 Å². The SMILES string of the molecule is Cc1ccc(C(NC(=O)c2ccccc2)C(F)(F)F)cc1NC(=O)/C=C/c1cccnc1. The van der Waals surface area contributed by atoms with Crippen LogP contribution in [0.1, 0.15) is 33.1 Å². The molecule has 0 bridgehead atoms. The lowest BCUT2D eigenvalue weighted by Crippen LogP contribution is -2.38. The van der Waals surface area contributed by atoms with E-state index in [1.807, 2.05) is 5.32 Å². The standard InChI is InChI=1S/C24H20F3N3O2/c1-16-9-11-19(14-20(16)29-21(31)12-10-17-6-5-13-28-15-17)22(24(25,26)27)30-23(32)18-7-3-2-4-8-18/h2-15,22H,1H3,(H,29,31)(H,30,32)/b12-10+. The lowest BCUT2D eigenvalue weighted by Gasteiger charge is -2.23. The topological polar surface area (TPSA) is 71.1 Å². The van der Waals surface area contributed by atoms with Gasteiger partial charge < -0.3 is 10.6 Å². The molecule has 164 valence electrons. The van der Waals surface area contributed by atoms with Crippen LogP contribution in [0.5, 0.6) is 0 Å². The van der Waals surface area contributed by atoms with Crippen LogP contribution in [0.25, 0.3) is 6.08 Å². The van der Waals surface area contributed by atoms with Gasteiger partial charge in [0.25, 0.3) is 5.91 Å². The second kappa shape index (κ2) is 9.91. The van der Waals surface area contributed by atoms with Gasteiger partial charge in [-0.3, -0.25) is 14.6 Å². The lowest BCUT2D eigenvalue weighted by molar-refractivity contribution is -0.155. The second-order valence-electron chi connectivity index (χ2n) is 7.00. The van der Waals surface area contributed by atoms with Crippen LogP contribution in [0.2, 0.25) is 0 Å². The summed E-state index contributed by atoms with van der Waals surface area (Å²) in [6, 6.07) is 12.8.